The zero-order valence-electron chi connectivity index (χ0n) is 12.4. The summed E-state index contributed by atoms with van der Waals surface area (Å²) < 4.78 is 0. The summed E-state index contributed by atoms with van der Waals surface area (Å²) in [5.41, 5.74) is 0. The molecule has 1 aliphatic carbocycles. The molecule has 0 bridgehead atoms. The number of hydrogen-bond donors (Lipinski definition) is 2. The van der Waals surface area contributed by atoms with Crippen LogP contribution in [0.15, 0.2) is 0 Å². The largest absolute Gasteiger partial charge is 0.394 e. The zero-order chi connectivity index (χ0) is 13.9. The molecule has 3 fully saturated rings. The van der Waals surface area contributed by atoms with Crippen molar-refractivity contribution in [1.82, 2.24) is 10.2 Å². The predicted molar refractivity (Wildman–Crippen MR) is 78.3 cm³/mol. The van der Waals surface area contributed by atoms with Crippen molar-refractivity contribution in [2.45, 2.75) is 75.9 Å². The van der Waals surface area contributed by atoms with Crippen LogP contribution in [0, 0.1) is 5.92 Å². The number of rotatable bonds is 2. The third-order valence-electron chi connectivity index (χ3n) is 5.53. The van der Waals surface area contributed by atoms with Gasteiger partial charge in [0.05, 0.1) is 18.7 Å². The molecule has 0 aromatic heterocycles. The first-order valence-corrected chi connectivity index (χ1v) is 8.47. The number of nitrogens with zero attached hydrogens (tertiary/aromatic N) is 1. The quantitative estimate of drug-likeness (QED) is 0.809. The number of carbonyl (C=O) groups excluding carboxylic acids is 1. The fraction of sp³-hybridized carbons (Fsp3) is 0.938. The minimum absolute atomic E-state index is 0.00949. The van der Waals surface area contributed by atoms with Crippen LogP contribution < -0.4 is 5.32 Å². The van der Waals surface area contributed by atoms with Gasteiger partial charge in [0, 0.05) is 12.6 Å². The number of hydrogen-bond acceptors (Lipinski definition) is 3. The summed E-state index contributed by atoms with van der Waals surface area (Å²) in [5, 5.41) is 13.2. The van der Waals surface area contributed by atoms with Gasteiger partial charge in [-0.25, -0.2) is 0 Å². The van der Waals surface area contributed by atoms with Crippen LogP contribution >= 0.6 is 0 Å². The monoisotopic (exact) mass is 280 g/mol. The van der Waals surface area contributed by atoms with E-state index < -0.39 is 0 Å². The van der Waals surface area contributed by atoms with Crippen molar-refractivity contribution in [3.8, 4) is 0 Å². The number of fused-ring (bicyclic) bond motifs is 1. The highest BCUT2D eigenvalue weighted by Crippen LogP contribution is 2.34. The number of likely N-dealkylation sites (tertiary alicyclic amines) is 1. The molecule has 3 rings (SSSR count). The number of nitrogens with one attached hydrogen (secondary N) is 1. The molecule has 2 heterocycles. The minimum atomic E-state index is 0.00949. The van der Waals surface area contributed by atoms with Gasteiger partial charge in [-0.15, -0.1) is 0 Å². The van der Waals surface area contributed by atoms with Crippen LogP contribution in [0.25, 0.3) is 0 Å². The lowest BCUT2D eigenvalue weighted by molar-refractivity contribution is -0.136. The molecule has 1 amide bonds. The lowest BCUT2D eigenvalue weighted by Crippen LogP contribution is -2.50. The van der Waals surface area contributed by atoms with Crippen LogP contribution in [-0.4, -0.2) is 47.2 Å². The van der Waals surface area contributed by atoms with E-state index in [1.807, 2.05) is 4.90 Å². The third kappa shape index (κ3) is 2.86. The maximum absolute atomic E-state index is 12.8. The second kappa shape index (κ2) is 6.44. The van der Waals surface area contributed by atoms with Crippen molar-refractivity contribution in [1.29, 1.82) is 0 Å². The molecule has 20 heavy (non-hydrogen) atoms. The Kier molecular flexibility index (Phi) is 4.61. The van der Waals surface area contributed by atoms with Gasteiger partial charge in [0.25, 0.3) is 0 Å². The molecule has 4 heteroatoms. The second-order valence-corrected chi connectivity index (χ2v) is 6.82. The summed E-state index contributed by atoms with van der Waals surface area (Å²) in [6, 6.07) is 0.627. The molecule has 2 N–H and O–H groups in total. The van der Waals surface area contributed by atoms with Crippen molar-refractivity contribution in [2.24, 2.45) is 5.92 Å². The summed E-state index contributed by atoms with van der Waals surface area (Å²) in [6.07, 6.45) is 10.5. The van der Waals surface area contributed by atoms with Crippen LogP contribution in [0.5, 0.6) is 0 Å². The van der Waals surface area contributed by atoms with E-state index >= 15 is 0 Å². The molecule has 2 saturated heterocycles. The first-order valence-electron chi connectivity index (χ1n) is 8.47. The average molecular weight is 280 g/mol. The Hall–Kier alpha value is -0.610. The summed E-state index contributed by atoms with van der Waals surface area (Å²) in [5.74, 6) is 0.956. The fourth-order valence-electron chi connectivity index (χ4n) is 4.37. The number of amides is 1. The van der Waals surface area contributed by atoms with E-state index in [-0.39, 0.29) is 24.6 Å². The maximum atomic E-state index is 12.8. The second-order valence-electron chi connectivity index (χ2n) is 6.82. The number of carbonyl (C=O) groups is 1. The molecule has 1 saturated carbocycles. The Labute approximate surface area is 121 Å². The van der Waals surface area contributed by atoms with E-state index in [0.29, 0.717) is 12.0 Å². The topological polar surface area (TPSA) is 52.6 Å². The van der Waals surface area contributed by atoms with E-state index in [1.54, 1.807) is 0 Å². The smallest absolute Gasteiger partial charge is 0.240 e. The first-order chi connectivity index (χ1) is 9.79. The molecule has 4 atom stereocenters. The molecule has 114 valence electrons. The molecule has 4 unspecified atom stereocenters. The van der Waals surface area contributed by atoms with E-state index in [9.17, 15) is 9.90 Å². The highest BCUT2D eigenvalue weighted by molar-refractivity contribution is 5.82. The summed E-state index contributed by atoms with van der Waals surface area (Å²) >= 11 is 0. The van der Waals surface area contributed by atoms with Gasteiger partial charge >= 0.3 is 0 Å². The highest BCUT2D eigenvalue weighted by Gasteiger charge is 2.40. The van der Waals surface area contributed by atoms with Gasteiger partial charge in [-0.1, -0.05) is 25.7 Å². The van der Waals surface area contributed by atoms with Gasteiger partial charge in [-0.05, 0) is 38.0 Å². The van der Waals surface area contributed by atoms with Crippen molar-refractivity contribution in [3.63, 3.8) is 0 Å². The zero-order valence-corrected chi connectivity index (χ0v) is 12.4. The molecule has 0 spiro atoms. The third-order valence-corrected chi connectivity index (χ3v) is 5.53. The molecule has 0 aromatic rings. The summed E-state index contributed by atoms with van der Waals surface area (Å²) in [7, 11) is 0. The average Bonchev–Trinajstić information content (AvgIpc) is 2.77. The van der Waals surface area contributed by atoms with Crippen LogP contribution in [0.4, 0.5) is 0 Å². The normalized spacial score (nSPS) is 38.4. The van der Waals surface area contributed by atoms with Gasteiger partial charge in [-0.3, -0.25) is 4.79 Å². The van der Waals surface area contributed by atoms with Crippen LogP contribution in [0.1, 0.15) is 57.8 Å². The molecule has 2 aliphatic heterocycles. The minimum Gasteiger partial charge on any atom is -0.394 e. The molecule has 4 nitrogen and oxygen atoms in total. The van der Waals surface area contributed by atoms with Gasteiger partial charge in [0.2, 0.25) is 5.91 Å². The molecule has 3 aliphatic rings. The Morgan fingerprint density at radius 2 is 1.90 bits per heavy atom. The van der Waals surface area contributed by atoms with Crippen molar-refractivity contribution in [3.05, 3.63) is 0 Å². The first kappa shape index (κ1) is 14.3. The standard InChI is InChI=1S/C16H28N2O2/c19-11-13-7-2-1-5-9-18(13)16(20)15-10-12-6-3-4-8-14(12)17-15/h12-15,17,19H,1-11H2. The van der Waals surface area contributed by atoms with E-state index in [2.05, 4.69) is 5.32 Å². The van der Waals surface area contributed by atoms with Crippen LogP contribution in [-0.2, 0) is 4.79 Å². The van der Waals surface area contributed by atoms with Gasteiger partial charge < -0.3 is 15.3 Å². The van der Waals surface area contributed by atoms with Gasteiger partial charge in [0.1, 0.15) is 0 Å². The summed E-state index contributed by atoms with van der Waals surface area (Å²) in [6.45, 7) is 0.947. The number of aliphatic hydroxyl groups is 1. The Morgan fingerprint density at radius 1 is 1.10 bits per heavy atom. The number of aliphatic hydroxyl groups excluding tert-OH is 1. The molecular weight excluding hydrogens is 252 g/mol. The van der Waals surface area contributed by atoms with Crippen LogP contribution in [0.3, 0.4) is 0 Å². The Morgan fingerprint density at radius 3 is 2.70 bits per heavy atom. The van der Waals surface area contributed by atoms with Crippen molar-refractivity contribution >= 4 is 5.91 Å². The van der Waals surface area contributed by atoms with E-state index in [4.69, 9.17) is 0 Å². The lowest BCUT2D eigenvalue weighted by atomic mass is 9.85. The summed E-state index contributed by atoms with van der Waals surface area (Å²) in [4.78, 5) is 14.8. The Bertz CT molecular complexity index is 333. The maximum Gasteiger partial charge on any atom is 0.240 e. The molecular formula is C16H28N2O2. The highest BCUT2D eigenvalue weighted by atomic mass is 16.3. The van der Waals surface area contributed by atoms with Crippen molar-refractivity contribution in [2.75, 3.05) is 13.2 Å². The van der Waals surface area contributed by atoms with E-state index in [0.717, 1.165) is 32.2 Å². The molecule has 0 radical (unpaired) electrons. The SMILES string of the molecule is O=C(C1CC2CCCCC2N1)N1CCCCCC1CO. The van der Waals surface area contributed by atoms with E-state index in [1.165, 1.54) is 32.1 Å². The predicted octanol–water partition coefficient (Wildman–Crippen LogP) is 1.67. The van der Waals surface area contributed by atoms with Crippen LogP contribution in [0.2, 0.25) is 0 Å². The van der Waals surface area contributed by atoms with Gasteiger partial charge in [0.15, 0.2) is 0 Å². The lowest BCUT2D eigenvalue weighted by Gasteiger charge is -2.31. The fourth-order valence-corrected chi connectivity index (χ4v) is 4.37. The van der Waals surface area contributed by atoms with Crippen molar-refractivity contribution < 1.29 is 9.90 Å². The molecule has 0 aromatic carbocycles. The van der Waals surface area contributed by atoms with Gasteiger partial charge in [-0.2, -0.15) is 0 Å². The Balaban J connectivity index is 1.65.